The summed E-state index contributed by atoms with van der Waals surface area (Å²) in [7, 11) is 0. The van der Waals surface area contributed by atoms with E-state index < -0.39 is 23.7 Å². The zero-order chi connectivity index (χ0) is 16.4. The van der Waals surface area contributed by atoms with E-state index in [0.29, 0.717) is 10.8 Å². The number of rotatable bonds is 2. The third-order valence-corrected chi connectivity index (χ3v) is 4.85. The highest BCUT2D eigenvalue weighted by atomic mass is 35.5. The molecule has 1 N–H and O–H groups in total. The summed E-state index contributed by atoms with van der Waals surface area (Å²) >= 11 is 6.12. The predicted molar refractivity (Wildman–Crippen MR) is 82.0 cm³/mol. The minimum absolute atomic E-state index is 0.155. The fourth-order valence-electron chi connectivity index (χ4n) is 3.58. The van der Waals surface area contributed by atoms with E-state index in [-0.39, 0.29) is 12.7 Å². The van der Waals surface area contributed by atoms with E-state index in [1.54, 1.807) is 0 Å². The quantitative estimate of drug-likeness (QED) is 0.842. The van der Waals surface area contributed by atoms with E-state index in [2.05, 4.69) is 9.97 Å². The van der Waals surface area contributed by atoms with Crippen molar-refractivity contribution in [1.29, 1.82) is 0 Å². The van der Waals surface area contributed by atoms with Gasteiger partial charge in [-0.2, -0.15) is 0 Å². The fraction of sp³-hybridized carbons (Fsp3) is 0.600. The second-order valence-electron chi connectivity index (χ2n) is 6.55. The molecule has 0 aromatic carbocycles. The van der Waals surface area contributed by atoms with E-state index >= 15 is 0 Å². The van der Waals surface area contributed by atoms with Crippen molar-refractivity contribution in [2.45, 2.75) is 50.6 Å². The SMILES string of the molecule is CC1(C)O[C@@H]2[C@@H](n3ccc4c(Cl)ncnc43)O[C@@H](CO)[C@]2(C)O1. The summed E-state index contributed by atoms with van der Waals surface area (Å²) in [5, 5.41) is 10.8. The van der Waals surface area contributed by atoms with Crippen LogP contribution in [0.1, 0.15) is 27.0 Å². The number of hydrogen-bond acceptors (Lipinski definition) is 6. The topological polar surface area (TPSA) is 78.6 Å². The maximum absolute atomic E-state index is 9.70. The highest BCUT2D eigenvalue weighted by molar-refractivity contribution is 6.33. The number of ether oxygens (including phenoxy) is 3. The molecule has 4 rings (SSSR count). The van der Waals surface area contributed by atoms with E-state index in [1.165, 1.54) is 6.33 Å². The fourth-order valence-corrected chi connectivity index (χ4v) is 3.77. The molecule has 0 saturated carbocycles. The Kier molecular flexibility index (Phi) is 3.24. The normalized spacial score (nSPS) is 35.8. The predicted octanol–water partition coefficient (Wildman–Crippen LogP) is 1.88. The summed E-state index contributed by atoms with van der Waals surface area (Å²) in [6.45, 7) is 5.46. The molecule has 23 heavy (non-hydrogen) atoms. The van der Waals surface area contributed by atoms with Crippen LogP contribution in [0.2, 0.25) is 5.15 Å². The molecule has 4 atom stereocenters. The number of aliphatic hydroxyl groups excluding tert-OH is 1. The molecule has 0 amide bonds. The number of nitrogens with zero attached hydrogens (tertiary/aromatic N) is 3. The standard InChI is InChI=1S/C15H18ClN3O4/c1-14(2)22-10-13(21-9(6-20)15(10,3)23-14)19-5-4-8-11(16)17-7-18-12(8)19/h4-5,7,9-10,13,20H,6H2,1-3H3/t9-,10+,13-,15-/m0/s1. The van der Waals surface area contributed by atoms with E-state index in [9.17, 15) is 5.11 Å². The first kappa shape index (κ1) is 15.3. The van der Waals surface area contributed by atoms with Crippen LogP contribution in [-0.4, -0.2) is 49.8 Å². The van der Waals surface area contributed by atoms with Crippen molar-refractivity contribution in [1.82, 2.24) is 14.5 Å². The molecule has 2 aromatic heterocycles. The molecular weight excluding hydrogens is 322 g/mol. The minimum Gasteiger partial charge on any atom is -0.394 e. The van der Waals surface area contributed by atoms with Gasteiger partial charge in [0.2, 0.25) is 0 Å². The zero-order valence-electron chi connectivity index (χ0n) is 13.1. The zero-order valence-corrected chi connectivity index (χ0v) is 13.8. The molecule has 0 radical (unpaired) electrons. The molecule has 2 saturated heterocycles. The van der Waals surface area contributed by atoms with Crippen molar-refractivity contribution >= 4 is 22.6 Å². The van der Waals surface area contributed by atoms with Crippen molar-refractivity contribution in [2.75, 3.05) is 6.61 Å². The maximum Gasteiger partial charge on any atom is 0.165 e. The molecule has 8 heteroatoms. The van der Waals surface area contributed by atoms with Gasteiger partial charge in [-0.1, -0.05) is 11.6 Å². The van der Waals surface area contributed by atoms with Crippen LogP contribution in [0.25, 0.3) is 11.0 Å². The van der Waals surface area contributed by atoms with Gasteiger partial charge in [0, 0.05) is 6.20 Å². The molecule has 0 bridgehead atoms. The van der Waals surface area contributed by atoms with Gasteiger partial charge in [0.15, 0.2) is 12.0 Å². The first-order valence-corrected chi connectivity index (χ1v) is 7.85. The Morgan fingerprint density at radius 1 is 1.35 bits per heavy atom. The maximum atomic E-state index is 9.70. The molecule has 0 aliphatic carbocycles. The van der Waals surface area contributed by atoms with E-state index in [0.717, 1.165) is 5.39 Å². The largest absolute Gasteiger partial charge is 0.394 e. The summed E-state index contributed by atoms with van der Waals surface area (Å²) in [6.07, 6.45) is 1.91. The molecule has 2 aliphatic rings. The van der Waals surface area contributed by atoms with Gasteiger partial charge in [-0.05, 0) is 26.8 Å². The third-order valence-electron chi connectivity index (χ3n) is 4.54. The number of halogens is 1. The summed E-state index contributed by atoms with van der Waals surface area (Å²) in [6, 6.07) is 1.84. The van der Waals surface area contributed by atoms with Gasteiger partial charge >= 0.3 is 0 Å². The number of aliphatic hydroxyl groups is 1. The Labute approximate surface area is 138 Å². The Morgan fingerprint density at radius 3 is 2.87 bits per heavy atom. The minimum atomic E-state index is -0.746. The van der Waals surface area contributed by atoms with Crippen molar-refractivity contribution < 1.29 is 19.3 Å². The molecule has 2 aliphatic heterocycles. The molecule has 0 spiro atoms. The number of fused-ring (bicyclic) bond motifs is 2. The molecule has 2 aromatic rings. The van der Waals surface area contributed by atoms with Gasteiger partial charge < -0.3 is 23.9 Å². The second kappa shape index (κ2) is 4.87. The molecule has 0 unspecified atom stereocenters. The number of aromatic nitrogens is 3. The highest BCUT2D eigenvalue weighted by Gasteiger charge is 2.63. The van der Waals surface area contributed by atoms with Crippen molar-refractivity contribution in [3.63, 3.8) is 0 Å². The first-order valence-electron chi connectivity index (χ1n) is 7.47. The van der Waals surface area contributed by atoms with Crippen molar-refractivity contribution in [3.05, 3.63) is 23.7 Å². The van der Waals surface area contributed by atoms with Crippen LogP contribution < -0.4 is 0 Å². The summed E-state index contributed by atoms with van der Waals surface area (Å²) in [5.74, 6) is -0.746. The number of hydrogen-bond donors (Lipinski definition) is 1. The highest BCUT2D eigenvalue weighted by Crippen LogP contribution is 2.50. The Balaban J connectivity index is 1.81. The first-order chi connectivity index (χ1) is 10.9. The smallest absolute Gasteiger partial charge is 0.165 e. The molecule has 2 fully saturated rings. The second-order valence-corrected chi connectivity index (χ2v) is 6.90. The van der Waals surface area contributed by atoms with Crippen LogP contribution in [0.3, 0.4) is 0 Å². The van der Waals surface area contributed by atoms with Gasteiger partial charge in [-0.25, -0.2) is 9.97 Å². The summed E-state index contributed by atoms with van der Waals surface area (Å²) in [4.78, 5) is 8.29. The Morgan fingerprint density at radius 2 is 2.13 bits per heavy atom. The third kappa shape index (κ3) is 2.11. The lowest BCUT2D eigenvalue weighted by Gasteiger charge is -2.28. The van der Waals surface area contributed by atoms with Gasteiger partial charge in [0.25, 0.3) is 0 Å². The molecular formula is C15H18ClN3O4. The van der Waals surface area contributed by atoms with Crippen LogP contribution in [0.5, 0.6) is 0 Å². The van der Waals surface area contributed by atoms with E-state index in [1.807, 2.05) is 37.6 Å². The molecule has 4 heterocycles. The summed E-state index contributed by atoms with van der Waals surface area (Å²) in [5.41, 5.74) is -0.0830. The average Bonchev–Trinajstić information content (AvgIpc) is 3.07. The van der Waals surface area contributed by atoms with E-state index in [4.69, 9.17) is 25.8 Å². The van der Waals surface area contributed by atoms with Gasteiger partial charge in [0.05, 0.1) is 12.0 Å². The van der Waals surface area contributed by atoms with Crippen molar-refractivity contribution in [2.24, 2.45) is 0 Å². The Hall–Kier alpha value is -1.25. The monoisotopic (exact) mass is 339 g/mol. The van der Waals surface area contributed by atoms with Crippen LogP contribution >= 0.6 is 11.6 Å². The van der Waals surface area contributed by atoms with Gasteiger partial charge in [0.1, 0.15) is 34.9 Å². The van der Waals surface area contributed by atoms with Crippen molar-refractivity contribution in [3.8, 4) is 0 Å². The Bertz CT molecular complexity index is 764. The lowest BCUT2D eigenvalue weighted by Crippen LogP contribution is -2.45. The lowest BCUT2D eigenvalue weighted by atomic mass is 9.95. The average molecular weight is 340 g/mol. The van der Waals surface area contributed by atoms with Crippen LogP contribution in [-0.2, 0) is 14.2 Å². The van der Waals surface area contributed by atoms with Crippen LogP contribution in [0, 0.1) is 0 Å². The lowest BCUT2D eigenvalue weighted by molar-refractivity contribution is -0.214. The van der Waals surface area contributed by atoms with Gasteiger partial charge in [-0.3, -0.25) is 0 Å². The molecule has 124 valence electrons. The summed E-state index contributed by atoms with van der Waals surface area (Å²) < 4.78 is 20.0. The molecule has 7 nitrogen and oxygen atoms in total. The van der Waals surface area contributed by atoms with Gasteiger partial charge in [-0.15, -0.1) is 0 Å². The van der Waals surface area contributed by atoms with Crippen LogP contribution in [0.15, 0.2) is 18.6 Å². The van der Waals surface area contributed by atoms with Crippen LogP contribution in [0.4, 0.5) is 0 Å².